The van der Waals surface area contributed by atoms with Gasteiger partial charge in [0.15, 0.2) is 23.3 Å². The van der Waals surface area contributed by atoms with Gasteiger partial charge in [0.2, 0.25) is 0 Å². The normalized spacial score (nSPS) is 14.7. The van der Waals surface area contributed by atoms with E-state index in [1.807, 2.05) is 0 Å². The highest BCUT2D eigenvalue weighted by Gasteiger charge is 2.39. The minimum absolute atomic E-state index is 0.0189. The number of aromatic nitrogens is 3. The summed E-state index contributed by atoms with van der Waals surface area (Å²) in [7, 11) is 1.45. The highest BCUT2D eigenvalue weighted by molar-refractivity contribution is 5.72. The monoisotopic (exact) mass is 447 g/mol. The molecule has 2 atom stereocenters. The van der Waals surface area contributed by atoms with Crippen molar-refractivity contribution >= 4 is 11.5 Å². The van der Waals surface area contributed by atoms with Crippen LogP contribution in [0.4, 0.5) is 32.2 Å². The van der Waals surface area contributed by atoms with E-state index in [9.17, 15) is 31.4 Å². The number of nitrogen functional groups attached to an aromatic ring is 1. The fourth-order valence-corrected chi connectivity index (χ4v) is 3.26. The molecule has 2 unspecified atom stereocenters. The molecular weight excluding hydrogens is 428 g/mol. The summed E-state index contributed by atoms with van der Waals surface area (Å²) < 4.78 is 79.0. The first-order valence-electron chi connectivity index (χ1n) is 9.06. The van der Waals surface area contributed by atoms with Crippen molar-refractivity contribution in [2.75, 3.05) is 12.8 Å². The number of aryl methyl sites for hydroxylation is 1. The van der Waals surface area contributed by atoms with Gasteiger partial charge in [-0.1, -0.05) is 12.1 Å². The second-order valence-corrected chi connectivity index (χ2v) is 7.05. The second-order valence-electron chi connectivity index (χ2n) is 7.05. The second kappa shape index (κ2) is 8.00. The van der Waals surface area contributed by atoms with Gasteiger partial charge < -0.3 is 16.2 Å². The van der Waals surface area contributed by atoms with Crippen LogP contribution in [-0.4, -0.2) is 38.8 Å². The maximum absolute atomic E-state index is 13.2. The number of hydrogen-bond acceptors (Lipinski definition) is 5. The third-order valence-corrected chi connectivity index (χ3v) is 4.93. The van der Waals surface area contributed by atoms with Gasteiger partial charge in [0.05, 0.1) is 11.9 Å². The van der Waals surface area contributed by atoms with Crippen LogP contribution in [-0.2, 0) is 6.18 Å². The molecule has 3 aromatic rings. The van der Waals surface area contributed by atoms with Gasteiger partial charge in [-0.2, -0.15) is 26.3 Å². The van der Waals surface area contributed by atoms with E-state index in [2.05, 4.69) is 15.3 Å². The Morgan fingerprint density at radius 1 is 1.19 bits per heavy atom. The zero-order valence-electron chi connectivity index (χ0n) is 16.4. The lowest BCUT2D eigenvalue weighted by Crippen LogP contribution is -2.33. The molecule has 31 heavy (non-hydrogen) atoms. The number of hydrogen-bond donors (Lipinski definition) is 3. The molecule has 6 nitrogen and oxygen atoms in total. The quantitative estimate of drug-likeness (QED) is 0.517. The van der Waals surface area contributed by atoms with Crippen LogP contribution >= 0.6 is 0 Å². The maximum atomic E-state index is 13.2. The summed E-state index contributed by atoms with van der Waals surface area (Å²) in [5.41, 5.74) is 6.24. The summed E-state index contributed by atoms with van der Waals surface area (Å²) in [5, 5.41) is 12.2. The van der Waals surface area contributed by atoms with Crippen molar-refractivity contribution in [3.05, 3.63) is 47.4 Å². The number of halogens is 6. The van der Waals surface area contributed by atoms with Crippen molar-refractivity contribution in [2.24, 2.45) is 0 Å². The van der Waals surface area contributed by atoms with E-state index in [0.717, 1.165) is 10.6 Å². The molecule has 12 heteroatoms. The molecular formula is C19H19F6N5O. The number of aliphatic hydroxyl groups excluding tert-OH is 1. The summed E-state index contributed by atoms with van der Waals surface area (Å²) in [4.78, 5) is 7.38. The van der Waals surface area contributed by atoms with Gasteiger partial charge >= 0.3 is 12.4 Å². The van der Waals surface area contributed by atoms with Crippen LogP contribution in [0.3, 0.4) is 0 Å². The smallest absolute Gasteiger partial charge is 0.384 e. The molecule has 0 saturated carbocycles. The molecule has 0 radical (unpaired) electrons. The number of rotatable bonds is 5. The van der Waals surface area contributed by atoms with Gasteiger partial charge in [0, 0.05) is 24.2 Å². The van der Waals surface area contributed by atoms with Crippen LogP contribution in [0.15, 0.2) is 30.6 Å². The Kier molecular flexibility index (Phi) is 5.89. The topological polar surface area (TPSA) is 88.5 Å². The molecule has 0 aliphatic carbocycles. The van der Waals surface area contributed by atoms with E-state index in [1.165, 1.54) is 13.2 Å². The summed E-state index contributed by atoms with van der Waals surface area (Å²) in [6.45, 7) is 1.70. The molecule has 0 spiro atoms. The standard InChI is InChI=1S/C19H19F6N5O/c1-9-3-4-10(12(27-2)6-15(31)19(23,24)25)5-11(9)13-7-28-17-16(26)29-14(8-30(13)17)18(20,21)22/h3-5,7-8,12,15,27,31H,6H2,1-2H3,(H2,26,29). The van der Waals surface area contributed by atoms with E-state index >= 15 is 0 Å². The molecule has 3 rings (SSSR count). The predicted octanol–water partition coefficient (Wildman–Crippen LogP) is 3.88. The molecule has 2 aromatic heterocycles. The lowest BCUT2D eigenvalue weighted by atomic mass is 9.95. The molecule has 0 bridgehead atoms. The first kappa shape index (κ1) is 22.8. The lowest BCUT2D eigenvalue weighted by Gasteiger charge is -2.23. The van der Waals surface area contributed by atoms with Crippen LogP contribution in [0.5, 0.6) is 0 Å². The van der Waals surface area contributed by atoms with Crippen molar-refractivity contribution in [2.45, 2.75) is 37.8 Å². The van der Waals surface area contributed by atoms with Crippen molar-refractivity contribution in [1.82, 2.24) is 19.7 Å². The van der Waals surface area contributed by atoms with Crippen molar-refractivity contribution < 1.29 is 31.4 Å². The average Bonchev–Trinajstić information content (AvgIpc) is 3.09. The van der Waals surface area contributed by atoms with Gasteiger partial charge in [-0.3, -0.25) is 4.40 Å². The van der Waals surface area contributed by atoms with Gasteiger partial charge in [0.25, 0.3) is 0 Å². The van der Waals surface area contributed by atoms with Crippen LogP contribution in [0.25, 0.3) is 16.9 Å². The van der Waals surface area contributed by atoms with Gasteiger partial charge in [-0.25, -0.2) is 9.97 Å². The number of benzene rings is 1. The van der Waals surface area contributed by atoms with Crippen LogP contribution in [0.2, 0.25) is 0 Å². The number of nitrogens with one attached hydrogen (secondary N) is 1. The minimum Gasteiger partial charge on any atom is -0.384 e. The Bertz CT molecular complexity index is 1090. The zero-order valence-corrected chi connectivity index (χ0v) is 16.4. The first-order chi connectivity index (χ1) is 14.3. The van der Waals surface area contributed by atoms with Crippen molar-refractivity contribution in [3.63, 3.8) is 0 Å². The Morgan fingerprint density at radius 2 is 1.87 bits per heavy atom. The Balaban J connectivity index is 2.10. The maximum Gasteiger partial charge on any atom is 0.434 e. The molecule has 168 valence electrons. The number of anilines is 1. The summed E-state index contributed by atoms with van der Waals surface area (Å²) in [5.74, 6) is -0.406. The number of alkyl halides is 6. The first-order valence-corrected chi connectivity index (χ1v) is 9.06. The lowest BCUT2D eigenvalue weighted by molar-refractivity contribution is -0.207. The highest BCUT2D eigenvalue weighted by atomic mass is 19.4. The summed E-state index contributed by atoms with van der Waals surface area (Å²) in [6.07, 6.45) is -10.6. The van der Waals surface area contributed by atoms with Crippen LogP contribution < -0.4 is 11.1 Å². The molecule has 0 amide bonds. The Morgan fingerprint density at radius 3 is 2.45 bits per heavy atom. The summed E-state index contributed by atoms with van der Waals surface area (Å²) in [6, 6.07) is 3.91. The molecule has 0 fully saturated rings. The van der Waals surface area contributed by atoms with Gasteiger partial charge in [-0.05, 0) is 31.2 Å². The van der Waals surface area contributed by atoms with Crippen LogP contribution in [0.1, 0.15) is 29.3 Å². The largest absolute Gasteiger partial charge is 0.434 e. The minimum atomic E-state index is -4.77. The number of aliphatic hydroxyl groups is 1. The Hall–Kier alpha value is -2.86. The Labute approximate surface area is 172 Å². The molecule has 1 aromatic carbocycles. The molecule has 0 aliphatic heterocycles. The fourth-order valence-electron chi connectivity index (χ4n) is 3.26. The van der Waals surface area contributed by atoms with E-state index in [1.54, 1.807) is 25.1 Å². The molecule has 2 heterocycles. The SMILES string of the molecule is CNC(CC(O)C(F)(F)F)c1ccc(C)c(-c2cnc3c(N)nc(C(F)(F)F)cn23)c1. The highest BCUT2D eigenvalue weighted by Crippen LogP contribution is 2.34. The number of imidazole rings is 1. The fraction of sp³-hybridized carbons (Fsp3) is 0.368. The molecule has 0 aliphatic rings. The number of fused-ring (bicyclic) bond motifs is 1. The van der Waals surface area contributed by atoms with Crippen molar-refractivity contribution in [1.29, 1.82) is 0 Å². The van der Waals surface area contributed by atoms with E-state index in [-0.39, 0.29) is 11.3 Å². The average molecular weight is 447 g/mol. The van der Waals surface area contributed by atoms with Crippen molar-refractivity contribution in [3.8, 4) is 11.3 Å². The molecule has 4 N–H and O–H groups in total. The van der Waals surface area contributed by atoms with E-state index < -0.39 is 42.4 Å². The van der Waals surface area contributed by atoms with Gasteiger partial charge in [-0.15, -0.1) is 0 Å². The number of nitrogens with two attached hydrogens (primary N) is 1. The summed E-state index contributed by atoms with van der Waals surface area (Å²) >= 11 is 0. The molecule has 0 saturated heterocycles. The zero-order chi connectivity index (χ0) is 23.1. The third-order valence-electron chi connectivity index (χ3n) is 4.93. The van der Waals surface area contributed by atoms with Gasteiger partial charge in [0.1, 0.15) is 0 Å². The number of nitrogens with zero attached hydrogens (tertiary/aromatic N) is 3. The van der Waals surface area contributed by atoms with Crippen LogP contribution in [0, 0.1) is 6.92 Å². The third kappa shape index (κ3) is 4.59. The predicted molar refractivity (Wildman–Crippen MR) is 101 cm³/mol. The van der Waals surface area contributed by atoms with E-state index in [0.29, 0.717) is 16.7 Å². The van der Waals surface area contributed by atoms with E-state index in [4.69, 9.17) is 5.73 Å².